The molecule has 2 unspecified atom stereocenters. The van der Waals surface area contributed by atoms with E-state index in [-0.39, 0.29) is 46.0 Å². The molecule has 0 saturated heterocycles. The predicted octanol–water partition coefficient (Wildman–Crippen LogP) is 3.38. The normalized spacial score (nSPS) is 20.3. The van der Waals surface area contributed by atoms with Crippen molar-refractivity contribution < 1.29 is 14.7 Å². The van der Waals surface area contributed by atoms with Gasteiger partial charge in [-0.05, 0) is 39.1 Å². The van der Waals surface area contributed by atoms with Gasteiger partial charge in [0.2, 0.25) is 0 Å². The molecule has 2 rings (SSSR count). The molecule has 1 aromatic carbocycles. The summed E-state index contributed by atoms with van der Waals surface area (Å²) >= 11 is 12.2. The van der Waals surface area contributed by atoms with E-state index in [1.54, 1.807) is 0 Å². The fraction of sp³-hybridized carbons (Fsp3) is 0.444. The quantitative estimate of drug-likeness (QED) is 0.674. The Balaban J connectivity index is 2.08. The summed E-state index contributed by atoms with van der Waals surface area (Å²) in [6, 6.07) is 3.22. The maximum atomic E-state index is 12.3. The highest BCUT2D eigenvalue weighted by atomic mass is 35.5. The number of halogens is 2. The number of hydrogen-bond acceptors (Lipinski definition) is 4. The molecule has 0 bridgehead atoms. The second-order valence-electron chi connectivity index (χ2n) is 6.47. The summed E-state index contributed by atoms with van der Waals surface area (Å²) in [4.78, 5) is 26.6. The number of carbonyl (C=O) groups is 2. The van der Waals surface area contributed by atoms with Crippen LogP contribution in [0.25, 0.3) is 0 Å². The Hall–Kier alpha value is -1.40. The predicted molar refractivity (Wildman–Crippen MR) is 100 cm³/mol. The van der Waals surface area contributed by atoms with E-state index in [0.29, 0.717) is 6.42 Å². The zero-order chi connectivity index (χ0) is 18.8. The third kappa shape index (κ3) is 4.06. The van der Waals surface area contributed by atoms with E-state index in [0.717, 1.165) is 6.42 Å². The first-order valence-electron chi connectivity index (χ1n) is 8.03. The minimum atomic E-state index is -1.98. The molecule has 5 nitrogen and oxygen atoms in total. The van der Waals surface area contributed by atoms with Crippen LogP contribution in [0.5, 0.6) is 0 Å². The van der Waals surface area contributed by atoms with Gasteiger partial charge in [-0.1, -0.05) is 29.3 Å². The van der Waals surface area contributed by atoms with Crippen molar-refractivity contribution in [1.29, 1.82) is 0 Å². The van der Waals surface area contributed by atoms with E-state index in [4.69, 9.17) is 23.2 Å². The van der Waals surface area contributed by atoms with Crippen LogP contribution in [-0.2, 0) is 15.2 Å². The fourth-order valence-electron chi connectivity index (χ4n) is 3.05. The summed E-state index contributed by atoms with van der Waals surface area (Å²) in [5.41, 5.74) is -1.53. The molecule has 2 N–H and O–H groups in total. The first-order valence-corrected chi connectivity index (χ1v) is 8.79. The second-order valence-corrected chi connectivity index (χ2v) is 7.28. The zero-order valence-corrected chi connectivity index (χ0v) is 15.8. The van der Waals surface area contributed by atoms with Gasteiger partial charge in [0.15, 0.2) is 5.60 Å². The minimum Gasteiger partial charge on any atom is -0.375 e. The Morgan fingerprint density at radius 3 is 2.64 bits per heavy atom. The van der Waals surface area contributed by atoms with Crippen molar-refractivity contribution in [1.82, 2.24) is 4.90 Å². The number of aliphatic hydroxyl groups is 1. The summed E-state index contributed by atoms with van der Waals surface area (Å²) < 4.78 is 0. The molecule has 0 aliphatic carbocycles. The van der Waals surface area contributed by atoms with E-state index in [1.165, 1.54) is 12.1 Å². The Kier molecular flexibility index (Phi) is 6.27. The molecular weight excluding hydrogens is 363 g/mol. The van der Waals surface area contributed by atoms with Crippen LogP contribution < -0.4 is 5.32 Å². The van der Waals surface area contributed by atoms with Crippen LogP contribution in [0.2, 0.25) is 10.0 Å². The van der Waals surface area contributed by atoms with E-state index in [2.05, 4.69) is 11.9 Å². The highest BCUT2D eigenvalue weighted by molar-refractivity contribution is 6.38. The number of benzene rings is 1. The fourth-order valence-corrected chi connectivity index (χ4v) is 3.56. The molecule has 1 amide bonds. The van der Waals surface area contributed by atoms with Crippen molar-refractivity contribution in [3.8, 4) is 0 Å². The van der Waals surface area contributed by atoms with Gasteiger partial charge in [0.1, 0.15) is 5.78 Å². The maximum absolute atomic E-state index is 12.3. The van der Waals surface area contributed by atoms with Gasteiger partial charge in [-0.2, -0.15) is 0 Å². The van der Waals surface area contributed by atoms with E-state index in [9.17, 15) is 14.7 Å². The van der Waals surface area contributed by atoms with Crippen molar-refractivity contribution in [2.24, 2.45) is 0 Å². The number of likely N-dealkylation sites (N-methyl/N-ethyl adjacent to an activating group) is 1. The maximum Gasteiger partial charge on any atom is 0.261 e. The molecule has 1 aliphatic heterocycles. The Morgan fingerprint density at radius 1 is 1.40 bits per heavy atom. The van der Waals surface area contributed by atoms with Crippen LogP contribution in [0, 0.1) is 0 Å². The SMILES string of the molecule is C=CC(CCCC(=O)CC1(O)C(=O)Nc2c(Cl)ccc(Cl)c21)N(C)C. The molecule has 7 heteroatoms. The van der Waals surface area contributed by atoms with Gasteiger partial charge < -0.3 is 15.3 Å². The number of amides is 1. The number of hydrogen-bond donors (Lipinski definition) is 2. The molecule has 2 atom stereocenters. The van der Waals surface area contributed by atoms with Crippen molar-refractivity contribution in [3.63, 3.8) is 0 Å². The van der Waals surface area contributed by atoms with Crippen LogP contribution in [0.3, 0.4) is 0 Å². The monoisotopic (exact) mass is 384 g/mol. The summed E-state index contributed by atoms with van der Waals surface area (Å²) in [5, 5.41) is 13.8. The van der Waals surface area contributed by atoms with Gasteiger partial charge >= 0.3 is 0 Å². The molecule has 136 valence electrons. The van der Waals surface area contributed by atoms with Crippen LogP contribution in [0.1, 0.15) is 31.2 Å². The van der Waals surface area contributed by atoms with Crippen molar-refractivity contribution >= 4 is 40.6 Å². The van der Waals surface area contributed by atoms with Gasteiger partial charge in [0, 0.05) is 29.5 Å². The lowest BCUT2D eigenvalue weighted by Crippen LogP contribution is -2.36. The molecule has 25 heavy (non-hydrogen) atoms. The lowest BCUT2D eigenvalue weighted by atomic mass is 9.88. The van der Waals surface area contributed by atoms with Crippen LogP contribution in [0.4, 0.5) is 5.69 Å². The second kappa shape index (κ2) is 7.87. The number of nitrogens with one attached hydrogen (secondary N) is 1. The lowest BCUT2D eigenvalue weighted by Gasteiger charge is -2.22. The van der Waals surface area contributed by atoms with Crippen molar-refractivity contribution in [3.05, 3.63) is 40.4 Å². The first kappa shape index (κ1) is 19.9. The van der Waals surface area contributed by atoms with Gasteiger partial charge in [-0.15, -0.1) is 6.58 Å². The molecule has 0 spiro atoms. The molecule has 0 aromatic heterocycles. The third-order valence-electron chi connectivity index (χ3n) is 4.48. The zero-order valence-electron chi connectivity index (χ0n) is 14.3. The average molecular weight is 385 g/mol. The summed E-state index contributed by atoms with van der Waals surface area (Å²) in [6.45, 7) is 3.78. The molecule has 1 heterocycles. The minimum absolute atomic E-state index is 0.178. The Labute approximate surface area is 157 Å². The number of fused-ring (bicyclic) bond motifs is 1. The van der Waals surface area contributed by atoms with Crippen LogP contribution in [-0.4, -0.2) is 41.8 Å². The standard InChI is InChI=1S/C18H22Cl2N2O3/c1-4-11(22(2)3)6-5-7-12(23)10-18(25)15-13(19)8-9-14(20)16(15)21-17(18)24/h4,8-9,11,25H,1,5-7,10H2,2-3H3,(H,21,24). The highest BCUT2D eigenvalue weighted by Gasteiger charge is 2.48. The Morgan fingerprint density at radius 2 is 2.04 bits per heavy atom. The van der Waals surface area contributed by atoms with Crippen molar-refractivity contribution in [2.45, 2.75) is 37.3 Å². The van der Waals surface area contributed by atoms with E-state index < -0.39 is 11.5 Å². The third-order valence-corrected chi connectivity index (χ3v) is 5.11. The van der Waals surface area contributed by atoms with E-state index in [1.807, 2.05) is 25.1 Å². The smallest absolute Gasteiger partial charge is 0.261 e. The summed E-state index contributed by atoms with van der Waals surface area (Å²) in [6.07, 6.45) is 3.19. The topological polar surface area (TPSA) is 69.6 Å². The van der Waals surface area contributed by atoms with E-state index >= 15 is 0 Å². The summed E-state index contributed by atoms with van der Waals surface area (Å²) in [7, 11) is 3.89. The first-order chi connectivity index (χ1) is 11.7. The number of Topliss-reactive ketones (excluding diaryl/α,β-unsaturated/α-hetero) is 1. The number of carbonyl (C=O) groups excluding carboxylic acids is 2. The molecule has 1 aliphatic rings. The number of anilines is 1. The van der Waals surface area contributed by atoms with Gasteiger partial charge in [0.05, 0.1) is 10.7 Å². The van der Waals surface area contributed by atoms with Gasteiger partial charge in [-0.25, -0.2) is 0 Å². The number of rotatable bonds is 8. The molecule has 0 saturated carbocycles. The van der Waals surface area contributed by atoms with Crippen LogP contribution >= 0.6 is 23.2 Å². The summed E-state index contributed by atoms with van der Waals surface area (Å²) in [5.74, 6) is -0.883. The largest absolute Gasteiger partial charge is 0.375 e. The van der Waals surface area contributed by atoms with Gasteiger partial charge in [0.25, 0.3) is 5.91 Å². The highest BCUT2D eigenvalue weighted by Crippen LogP contribution is 2.46. The molecule has 1 aromatic rings. The lowest BCUT2D eigenvalue weighted by molar-refractivity contribution is -0.140. The molecule has 0 fully saturated rings. The van der Waals surface area contributed by atoms with Crippen molar-refractivity contribution in [2.75, 3.05) is 19.4 Å². The molecule has 0 radical (unpaired) electrons. The van der Waals surface area contributed by atoms with Crippen LogP contribution in [0.15, 0.2) is 24.8 Å². The Bertz CT molecular complexity index is 706. The number of ketones is 1. The molecular formula is C18H22Cl2N2O3. The average Bonchev–Trinajstić information content (AvgIpc) is 2.80. The van der Waals surface area contributed by atoms with Gasteiger partial charge in [-0.3, -0.25) is 9.59 Å². The number of nitrogens with zero attached hydrogens (tertiary/aromatic N) is 1.